The fraction of sp³-hybridized carbons (Fsp3) is 0.240. The van der Waals surface area contributed by atoms with Crippen LogP contribution in [0.25, 0.3) is 0 Å². The summed E-state index contributed by atoms with van der Waals surface area (Å²) in [4.78, 5) is 17.1. The topological polar surface area (TPSA) is 23.6 Å². The molecule has 0 radical (unpaired) electrons. The van der Waals surface area contributed by atoms with Crippen molar-refractivity contribution >= 4 is 5.91 Å². The SMILES string of the molecule is Cc1ccc(C(=O)N2CCN([C@H](c3ccccc3)c3ccc(F)cc3)CC2)cc1. The normalized spacial score (nSPS) is 15.9. The summed E-state index contributed by atoms with van der Waals surface area (Å²) in [5.41, 5.74) is 4.13. The van der Waals surface area contributed by atoms with Crippen LogP contribution >= 0.6 is 0 Å². The molecule has 4 rings (SSSR count). The number of carbonyl (C=O) groups is 1. The molecule has 1 aliphatic rings. The monoisotopic (exact) mass is 388 g/mol. The first-order valence-corrected chi connectivity index (χ1v) is 10.0. The van der Waals surface area contributed by atoms with Crippen molar-refractivity contribution < 1.29 is 9.18 Å². The molecule has 3 aromatic rings. The third-order valence-electron chi connectivity index (χ3n) is 5.57. The number of carbonyl (C=O) groups excluding carboxylic acids is 1. The zero-order valence-electron chi connectivity index (χ0n) is 16.6. The number of benzene rings is 3. The van der Waals surface area contributed by atoms with Gasteiger partial charge in [-0.15, -0.1) is 0 Å². The van der Waals surface area contributed by atoms with E-state index in [0.717, 1.165) is 29.8 Å². The van der Waals surface area contributed by atoms with Gasteiger partial charge in [0.25, 0.3) is 5.91 Å². The van der Waals surface area contributed by atoms with E-state index in [-0.39, 0.29) is 17.8 Å². The summed E-state index contributed by atoms with van der Waals surface area (Å²) in [5, 5.41) is 0. The summed E-state index contributed by atoms with van der Waals surface area (Å²) >= 11 is 0. The Balaban J connectivity index is 1.51. The molecule has 29 heavy (non-hydrogen) atoms. The number of amides is 1. The minimum absolute atomic E-state index is 0.0495. The fourth-order valence-electron chi connectivity index (χ4n) is 3.96. The highest BCUT2D eigenvalue weighted by atomic mass is 19.1. The van der Waals surface area contributed by atoms with Crippen LogP contribution in [-0.2, 0) is 0 Å². The molecule has 0 saturated carbocycles. The van der Waals surface area contributed by atoms with E-state index in [1.54, 1.807) is 0 Å². The van der Waals surface area contributed by atoms with Crippen LogP contribution in [0.15, 0.2) is 78.9 Å². The quantitative estimate of drug-likeness (QED) is 0.648. The lowest BCUT2D eigenvalue weighted by molar-refractivity contribution is 0.0597. The molecule has 0 bridgehead atoms. The molecule has 1 heterocycles. The van der Waals surface area contributed by atoms with Crippen LogP contribution in [0.3, 0.4) is 0 Å². The van der Waals surface area contributed by atoms with E-state index in [1.807, 2.05) is 66.4 Å². The number of piperazine rings is 1. The van der Waals surface area contributed by atoms with Gasteiger partial charge < -0.3 is 4.90 Å². The number of aryl methyl sites for hydroxylation is 1. The van der Waals surface area contributed by atoms with Crippen molar-refractivity contribution in [2.24, 2.45) is 0 Å². The Bertz CT molecular complexity index is 946. The number of nitrogens with zero attached hydrogens (tertiary/aromatic N) is 2. The van der Waals surface area contributed by atoms with Crippen LogP contribution in [0.4, 0.5) is 4.39 Å². The predicted octanol–water partition coefficient (Wildman–Crippen LogP) is 4.68. The maximum atomic E-state index is 13.5. The largest absolute Gasteiger partial charge is 0.336 e. The second kappa shape index (κ2) is 8.58. The van der Waals surface area contributed by atoms with E-state index in [9.17, 15) is 9.18 Å². The summed E-state index contributed by atoms with van der Waals surface area (Å²) in [6.07, 6.45) is 0. The van der Waals surface area contributed by atoms with Crippen LogP contribution in [0, 0.1) is 12.7 Å². The average molecular weight is 388 g/mol. The van der Waals surface area contributed by atoms with Crippen LogP contribution < -0.4 is 0 Å². The van der Waals surface area contributed by atoms with Gasteiger partial charge in [-0.3, -0.25) is 9.69 Å². The lowest BCUT2D eigenvalue weighted by Gasteiger charge is -2.39. The fourth-order valence-corrected chi connectivity index (χ4v) is 3.96. The van der Waals surface area contributed by atoms with Gasteiger partial charge in [-0.25, -0.2) is 4.39 Å². The van der Waals surface area contributed by atoms with E-state index < -0.39 is 0 Å². The Morgan fingerprint density at radius 3 is 2.00 bits per heavy atom. The Morgan fingerprint density at radius 2 is 1.38 bits per heavy atom. The molecule has 0 aromatic heterocycles. The molecule has 1 amide bonds. The van der Waals surface area contributed by atoms with Crippen molar-refractivity contribution in [1.29, 1.82) is 0 Å². The van der Waals surface area contributed by atoms with E-state index >= 15 is 0 Å². The lowest BCUT2D eigenvalue weighted by Crippen LogP contribution is -2.49. The van der Waals surface area contributed by atoms with E-state index in [0.29, 0.717) is 13.1 Å². The van der Waals surface area contributed by atoms with Crippen LogP contribution in [-0.4, -0.2) is 41.9 Å². The Kier molecular flexibility index (Phi) is 5.72. The molecule has 3 nitrogen and oxygen atoms in total. The summed E-state index contributed by atoms with van der Waals surface area (Å²) in [7, 11) is 0. The van der Waals surface area contributed by atoms with Gasteiger partial charge in [0.2, 0.25) is 0 Å². The predicted molar refractivity (Wildman–Crippen MR) is 113 cm³/mol. The number of hydrogen-bond donors (Lipinski definition) is 0. The Labute approximate surface area is 171 Å². The lowest BCUT2D eigenvalue weighted by atomic mass is 9.96. The number of halogens is 1. The van der Waals surface area contributed by atoms with Gasteiger partial charge in [0.1, 0.15) is 5.82 Å². The maximum absolute atomic E-state index is 13.5. The second-order valence-corrected chi connectivity index (χ2v) is 7.56. The average Bonchev–Trinajstić information content (AvgIpc) is 2.77. The molecule has 1 saturated heterocycles. The molecular weight excluding hydrogens is 363 g/mol. The first kappa shape index (κ1) is 19.3. The van der Waals surface area contributed by atoms with Crippen molar-refractivity contribution in [1.82, 2.24) is 9.80 Å². The molecule has 4 heteroatoms. The zero-order chi connectivity index (χ0) is 20.2. The van der Waals surface area contributed by atoms with E-state index in [4.69, 9.17) is 0 Å². The van der Waals surface area contributed by atoms with Crippen molar-refractivity contribution in [3.63, 3.8) is 0 Å². The van der Waals surface area contributed by atoms with Gasteiger partial charge in [-0.05, 0) is 42.3 Å². The molecule has 3 aromatic carbocycles. The molecule has 0 unspecified atom stereocenters. The second-order valence-electron chi connectivity index (χ2n) is 7.56. The summed E-state index contributed by atoms with van der Waals surface area (Å²) in [5.74, 6) is -0.142. The molecule has 1 aliphatic heterocycles. The highest BCUT2D eigenvalue weighted by molar-refractivity contribution is 5.94. The Morgan fingerprint density at radius 1 is 0.793 bits per heavy atom. The van der Waals surface area contributed by atoms with Crippen molar-refractivity contribution in [3.8, 4) is 0 Å². The summed E-state index contributed by atoms with van der Waals surface area (Å²) in [6.45, 7) is 4.92. The molecule has 148 valence electrons. The van der Waals surface area contributed by atoms with Crippen molar-refractivity contribution in [2.45, 2.75) is 13.0 Å². The van der Waals surface area contributed by atoms with Gasteiger partial charge in [-0.2, -0.15) is 0 Å². The summed E-state index contributed by atoms with van der Waals surface area (Å²) in [6, 6.07) is 24.8. The van der Waals surface area contributed by atoms with E-state index in [1.165, 1.54) is 17.7 Å². The number of hydrogen-bond acceptors (Lipinski definition) is 2. The van der Waals surface area contributed by atoms with Gasteiger partial charge in [0, 0.05) is 31.7 Å². The van der Waals surface area contributed by atoms with E-state index in [2.05, 4.69) is 17.0 Å². The number of rotatable bonds is 4. The molecule has 0 aliphatic carbocycles. The third kappa shape index (κ3) is 4.38. The minimum Gasteiger partial charge on any atom is -0.336 e. The van der Waals surface area contributed by atoms with Gasteiger partial charge in [0.05, 0.1) is 6.04 Å². The standard InChI is InChI=1S/C25H25FN2O/c1-19-7-9-22(10-8-19)25(29)28-17-15-27(16-18-28)24(20-5-3-2-4-6-20)21-11-13-23(26)14-12-21/h2-14,24H,15-18H2,1H3/t24-/m1/s1. The van der Waals surface area contributed by atoms with Crippen molar-refractivity contribution in [3.05, 3.63) is 107 Å². The van der Waals surface area contributed by atoms with Crippen LogP contribution in [0.5, 0.6) is 0 Å². The maximum Gasteiger partial charge on any atom is 0.253 e. The van der Waals surface area contributed by atoms with Gasteiger partial charge >= 0.3 is 0 Å². The molecule has 1 fully saturated rings. The highest BCUT2D eigenvalue weighted by Crippen LogP contribution is 2.30. The minimum atomic E-state index is -0.228. The first-order chi connectivity index (χ1) is 14.1. The summed E-state index contributed by atoms with van der Waals surface area (Å²) < 4.78 is 13.5. The van der Waals surface area contributed by atoms with Crippen LogP contribution in [0.2, 0.25) is 0 Å². The third-order valence-corrected chi connectivity index (χ3v) is 5.57. The molecule has 0 N–H and O–H groups in total. The van der Waals surface area contributed by atoms with Gasteiger partial charge in [0.15, 0.2) is 0 Å². The van der Waals surface area contributed by atoms with Crippen molar-refractivity contribution in [2.75, 3.05) is 26.2 Å². The molecule has 1 atom stereocenters. The molecule has 0 spiro atoms. The van der Waals surface area contributed by atoms with Crippen LogP contribution in [0.1, 0.15) is 33.1 Å². The smallest absolute Gasteiger partial charge is 0.253 e. The van der Waals surface area contributed by atoms with Gasteiger partial charge in [-0.1, -0.05) is 60.2 Å². The zero-order valence-corrected chi connectivity index (χ0v) is 16.6. The molecular formula is C25H25FN2O. The highest BCUT2D eigenvalue weighted by Gasteiger charge is 2.28. The Hall–Kier alpha value is -2.98. The first-order valence-electron chi connectivity index (χ1n) is 10.0.